The van der Waals surface area contributed by atoms with Gasteiger partial charge in [0, 0.05) is 0 Å². The highest BCUT2D eigenvalue weighted by molar-refractivity contribution is 4.96. The molecule has 0 spiro atoms. The Morgan fingerprint density at radius 2 is 1.69 bits per heavy atom. The summed E-state index contributed by atoms with van der Waals surface area (Å²) in [6.45, 7) is 11.2. The Morgan fingerprint density at radius 1 is 1.08 bits per heavy atom. The van der Waals surface area contributed by atoms with Crippen LogP contribution in [0.25, 0.3) is 0 Å². The van der Waals surface area contributed by atoms with Crippen molar-refractivity contribution in [3.8, 4) is 0 Å². The molecule has 0 aromatic heterocycles. The fourth-order valence-electron chi connectivity index (χ4n) is 0.651. The van der Waals surface area contributed by atoms with E-state index in [0.29, 0.717) is 0 Å². The van der Waals surface area contributed by atoms with E-state index in [1.807, 2.05) is 31.2 Å². The number of unbranched alkanes of at least 4 members (excludes halogenated alkanes) is 2. The molecule has 0 N–H and O–H groups in total. The summed E-state index contributed by atoms with van der Waals surface area (Å²) in [6.07, 6.45) is 15.3. The van der Waals surface area contributed by atoms with Crippen molar-refractivity contribution >= 4 is 0 Å². The van der Waals surface area contributed by atoms with Crippen molar-refractivity contribution in [2.24, 2.45) is 0 Å². The second-order valence-corrected chi connectivity index (χ2v) is 2.57. The maximum absolute atomic E-state index is 3.57. The van der Waals surface area contributed by atoms with Gasteiger partial charge in [-0.05, 0) is 13.3 Å². The third-order valence-electron chi connectivity index (χ3n) is 1.33. The Morgan fingerprint density at radius 3 is 2.00 bits per heavy atom. The van der Waals surface area contributed by atoms with Gasteiger partial charge in [0.1, 0.15) is 0 Å². The fourth-order valence-corrected chi connectivity index (χ4v) is 0.651. The van der Waals surface area contributed by atoms with Crippen LogP contribution in [0.4, 0.5) is 0 Å². The molecule has 0 saturated heterocycles. The van der Waals surface area contributed by atoms with Crippen LogP contribution in [0, 0.1) is 0 Å². The average Bonchev–Trinajstić information content (AvgIpc) is 2.15. The van der Waals surface area contributed by atoms with Gasteiger partial charge in [-0.15, -0.1) is 0 Å². The lowest BCUT2D eigenvalue weighted by Crippen LogP contribution is -1.64. The molecule has 0 amide bonds. The summed E-state index contributed by atoms with van der Waals surface area (Å²) in [5.74, 6) is 0. The molecule has 0 atom stereocenters. The van der Waals surface area contributed by atoms with Gasteiger partial charge in [0.05, 0.1) is 0 Å². The summed E-state index contributed by atoms with van der Waals surface area (Å²) in [5, 5.41) is 0. The largest absolute Gasteiger partial charge is 0.0991 e. The summed E-state index contributed by atoms with van der Waals surface area (Å²) in [7, 11) is 0. The third-order valence-corrected chi connectivity index (χ3v) is 1.33. The van der Waals surface area contributed by atoms with Crippen LogP contribution in [0.15, 0.2) is 49.6 Å². The molecule has 0 aliphatic rings. The minimum atomic E-state index is 1.20. The van der Waals surface area contributed by atoms with Crippen LogP contribution in [0.1, 0.15) is 33.1 Å². The molecule has 0 unspecified atom stereocenters. The maximum Gasteiger partial charge on any atom is -0.0348 e. The first-order chi connectivity index (χ1) is 6.33. The normalized spacial score (nSPS) is 9.69. The van der Waals surface area contributed by atoms with E-state index in [9.17, 15) is 0 Å². The van der Waals surface area contributed by atoms with Gasteiger partial charge in [-0.3, -0.25) is 0 Å². The zero-order valence-corrected chi connectivity index (χ0v) is 9.00. The van der Waals surface area contributed by atoms with Gasteiger partial charge in [-0.1, -0.05) is 69.4 Å². The molecule has 0 aliphatic heterocycles. The van der Waals surface area contributed by atoms with Crippen LogP contribution in [0.5, 0.6) is 0 Å². The summed E-state index contributed by atoms with van der Waals surface area (Å²) < 4.78 is 0. The summed E-state index contributed by atoms with van der Waals surface area (Å²) in [4.78, 5) is 0. The summed E-state index contributed by atoms with van der Waals surface area (Å²) >= 11 is 0. The SMILES string of the molecule is C=CC=CC.C=CC=CCCCC. The first-order valence-electron chi connectivity index (χ1n) is 4.84. The lowest BCUT2D eigenvalue weighted by atomic mass is 10.2. The number of hydrogen-bond donors (Lipinski definition) is 0. The van der Waals surface area contributed by atoms with Crippen molar-refractivity contribution < 1.29 is 0 Å². The van der Waals surface area contributed by atoms with Gasteiger partial charge in [-0.2, -0.15) is 0 Å². The van der Waals surface area contributed by atoms with E-state index in [0.717, 1.165) is 0 Å². The highest BCUT2D eigenvalue weighted by Gasteiger charge is 1.73. The summed E-state index contributed by atoms with van der Waals surface area (Å²) in [5.41, 5.74) is 0. The Bertz CT molecular complexity index is 149. The van der Waals surface area contributed by atoms with Crippen LogP contribution in [-0.4, -0.2) is 0 Å². The van der Waals surface area contributed by atoms with Gasteiger partial charge in [0.2, 0.25) is 0 Å². The topological polar surface area (TPSA) is 0 Å². The molecular weight excluding hydrogens is 156 g/mol. The van der Waals surface area contributed by atoms with Crippen LogP contribution in [0.3, 0.4) is 0 Å². The van der Waals surface area contributed by atoms with Gasteiger partial charge >= 0.3 is 0 Å². The second kappa shape index (κ2) is 17.2. The Hall–Kier alpha value is -1.04. The van der Waals surface area contributed by atoms with Crippen LogP contribution >= 0.6 is 0 Å². The van der Waals surface area contributed by atoms with Crippen molar-refractivity contribution in [1.82, 2.24) is 0 Å². The molecule has 0 saturated carbocycles. The lowest BCUT2D eigenvalue weighted by molar-refractivity contribution is 0.815. The Kier molecular flexibility index (Phi) is 19.1. The fraction of sp³-hybridized carbons (Fsp3) is 0.385. The van der Waals surface area contributed by atoms with E-state index >= 15 is 0 Å². The first kappa shape index (κ1) is 14.5. The van der Waals surface area contributed by atoms with Gasteiger partial charge in [-0.25, -0.2) is 0 Å². The van der Waals surface area contributed by atoms with Crippen LogP contribution in [-0.2, 0) is 0 Å². The maximum atomic E-state index is 3.57. The second-order valence-electron chi connectivity index (χ2n) is 2.57. The van der Waals surface area contributed by atoms with E-state index in [1.165, 1.54) is 19.3 Å². The molecule has 0 heteroatoms. The molecule has 0 rings (SSSR count). The van der Waals surface area contributed by atoms with Gasteiger partial charge < -0.3 is 0 Å². The van der Waals surface area contributed by atoms with E-state index in [4.69, 9.17) is 0 Å². The van der Waals surface area contributed by atoms with E-state index in [2.05, 4.69) is 26.2 Å². The number of allylic oxidation sites excluding steroid dienone is 6. The number of rotatable bonds is 5. The standard InChI is InChI=1S/C8H14.C5H8/c1-3-5-7-8-6-4-2;1-3-5-4-2/h3,5,7H,1,4,6,8H2,2H3;3-5H,1H2,2H3. The molecule has 0 nitrogen and oxygen atoms in total. The molecule has 13 heavy (non-hydrogen) atoms. The highest BCUT2D eigenvalue weighted by Crippen LogP contribution is 1.93. The molecule has 0 aromatic carbocycles. The summed E-state index contributed by atoms with van der Waals surface area (Å²) in [6, 6.07) is 0. The lowest BCUT2D eigenvalue weighted by Gasteiger charge is -1.84. The van der Waals surface area contributed by atoms with Crippen molar-refractivity contribution in [2.45, 2.75) is 33.1 Å². The van der Waals surface area contributed by atoms with Crippen molar-refractivity contribution in [1.29, 1.82) is 0 Å². The van der Waals surface area contributed by atoms with E-state index < -0.39 is 0 Å². The zero-order valence-electron chi connectivity index (χ0n) is 9.00. The van der Waals surface area contributed by atoms with Crippen molar-refractivity contribution in [2.75, 3.05) is 0 Å². The quantitative estimate of drug-likeness (QED) is 0.424. The predicted molar refractivity (Wildman–Crippen MR) is 63.9 cm³/mol. The predicted octanol–water partition coefficient (Wildman–Crippen LogP) is 4.67. The van der Waals surface area contributed by atoms with Gasteiger partial charge in [0.15, 0.2) is 0 Å². The molecule has 0 aliphatic carbocycles. The average molecular weight is 178 g/mol. The smallest absolute Gasteiger partial charge is 0.0348 e. The molecule has 0 radical (unpaired) electrons. The monoisotopic (exact) mass is 178 g/mol. The molecule has 0 bridgehead atoms. The first-order valence-corrected chi connectivity index (χ1v) is 4.84. The Balaban J connectivity index is 0. The molecule has 74 valence electrons. The van der Waals surface area contributed by atoms with Gasteiger partial charge in [0.25, 0.3) is 0 Å². The van der Waals surface area contributed by atoms with Crippen LogP contribution in [0.2, 0.25) is 0 Å². The highest BCUT2D eigenvalue weighted by atomic mass is 13.8. The molecule has 0 fully saturated rings. The molecule has 0 aromatic rings. The van der Waals surface area contributed by atoms with E-state index in [1.54, 1.807) is 6.08 Å². The van der Waals surface area contributed by atoms with Crippen LogP contribution < -0.4 is 0 Å². The molecule has 0 heterocycles. The van der Waals surface area contributed by atoms with E-state index in [-0.39, 0.29) is 0 Å². The minimum absolute atomic E-state index is 1.20. The minimum Gasteiger partial charge on any atom is -0.0991 e. The third kappa shape index (κ3) is 24.8. The Labute approximate surface area is 83.4 Å². The van der Waals surface area contributed by atoms with Crippen molar-refractivity contribution in [3.63, 3.8) is 0 Å². The zero-order chi connectivity index (χ0) is 10.4. The molecular formula is C13H22. The van der Waals surface area contributed by atoms with Crippen molar-refractivity contribution in [3.05, 3.63) is 49.6 Å². The number of hydrogen-bond acceptors (Lipinski definition) is 0.